The van der Waals surface area contributed by atoms with Gasteiger partial charge >= 0.3 is 0 Å². The number of benzene rings is 1. The molecule has 1 aromatic heterocycles. The summed E-state index contributed by atoms with van der Waals surface area (Å²) in [5.41, 5.74) is 1.35. The molecule has 0 unspecified atom stereocenters. The maximum Gasteiger partial charge on any atom is 0.146 e. The molecule has 1 aliphatic carbocycles. The Bertz CT molecular complexity index is 545. The van der Waals surface area contributed by atoms with Crippen LogP contribution in [-0.4, -0.2) is 14.8 Å². The predicted molar refractivity (Wildman–Crippen MR) is 77.4 cm³/mol. The molecule has 5 heteroatoms. The van der Waals surface area contributed by atoms with Crippen molar-refractivity contribution in [3.8, 4) is 0 Å². The first-order valence-electron chi connectivity index (χ1n) is 6.56. The van der Waals surface area contributed by atoms with E-state index in [0.29, 0.717) is 6.04 Å². The maximum absolute atomic E-state index is 4.12. The number of nitrogens with zero attached hydrogens (tertiary/aromatic N) is 3. The van der Waals surface area contributed by atoms with Crippen molar-refractivity contribution in [1.29, 1.82) is 0 Å². The van der Waals surface area contributed by atoms with Crippen molar-refractivity contribution >= 4 is 15.9 Å². The molecule has 0 radical (unpaired) electrons. The topological polar surface area (TPSA) is 42.7 Å². The van der Waals surface area contributed by atoms with E-state index in [1.54, 1.807) is 6.33 Å². The first kappa shape index (κ1) is 12.8. The summed E-state index contributed by atoms with van der Waals surface area (Å²) < 4.78 is 3.08. The van der Waals surface area contributed by atoms with E-state index in [-0.39, 0.29) is 0 Å². The molecule has 0 bridgehead atoms. The van der Waals surface area contributed by atoms with E-state index in [1.807, 2.05) is 11.6 Å². The monoisotopic (exact) mass is 320 g/mol. The quantitative estimate of drug-likeness (QED) is 0.921. The lowest BCUT2D eigenvalue weighted by Crippen LogP contribution is -2.24. The van der Waals surface area contributed by atoms with Crippen LogP contribution in [0.2, 0.25) is 0 Å². The fourth-order valence-corrected chi connectivity index (χ4v) is 2.59. The molecule has 2 aromatic rings. The highest BCUT2D eigenvalue weighted by molar-refractivity contribution is 9.10. The molecule has 1 N–H and O–H groups in total. The zero-order valence-corrected chi connectivity index (χ0v) is 12.5. The van der Waals surface area contributed by atoms with Crippen molar-refractivity contribution in [1.82, 2.24) is 20.1 Å². The molecule has 3 rings (SSSR count). The molecule has 1 aliphatic rings. The van der Waals surface area contributed by atoms with Crippen LogP contribution in [0.25, 0.3) is 0 Å². The van der Waals surface area contributed by atoms with Gasteiger partial charge in [0.2, 0.25) is 0 Å². The Balaban J connectivity index is 1.71. The molecule has 1 atom stereocenters. The van der Waals surface area contributed by atoms with Crippen molar-refractivity contribution in [2.75, 3.05) is 0 Å². The summed E-state index contributed by atoms with van der Waals surface area (Å²) in [7, 11) is 1.97. The van der Waals surface area contributed by atoms with Gasteiger partial charge in [-0.1, -0.05) is 28.1 Å². The number of aromatic nitrogens is 3. The largest absolute Gasteiger partial charge is 0.320 e. The maximum atomic E-state index is 4.12. The lowest BCUT2D eigenvalue weighted by molar-refractivity contribution is 0.467. The summed E-state index contributed by atoms with van der Waals surface area (Å²) in [6.07, 6.45) is 4.36. The van der Waals surface area contributed by atoms with Crippen LogP contribution in [0.5, 0.6) is 0 Å². The highest BCUT2D eigenvalue weighted by atomic mass is 79.9. The van der Waals surface area contributed by atoms with Crippen LogP contribution in [0.4, 0.5) is 0 Å². The first-order chi connectivity index (χ1) is 9.24. The summed E-state index contributed by atoms with van der Waals surface area (Å²) in [4.78, 5) is 0. The smallest absolute Gasteiger partial charge is 0.146 e. The van der Waals surface area contributed by atoms with Crippen LogP contribution in [0.15, 0.2) is 35.1 Å². The minimum atomic E-state index is 0.421. The van der Waals surface area contributed by atoms with Gasteiger partial charge in [0.25, 0.3) is 0 Å². The Kier molecular flexibility index (Phi) is 3.66. The molecule has 19 heavy (non-hydrogen) atoms. The Morgan fingerprint density at radius 3 is 2.68 bits per heavy atom. The van der Waals surface area contributed by atoms with Gasteiger partial charge in [-0.05, 0) is 36.5 Å². The highest BCUT2D eigenvalue weighted by Gasteiger charge is 2.32. The van der Waals surface area contributed by atoms with Crippen LogP contribution in [-0.2, 0) is 13.6 Å². The molecule has 0 aliphatic heterocycles. The van der Waals surface area contributed by atoms with E-state index < -0.39 is 0 Å². The fraction of sp³-hybridized carbons (Fsp3) is 0.429. The SMILES string of the molecule is Cn1cnnc1CN[C@H](c1ccc(Br)cc1)C1CC1. The Morgan fingerprint density at radius 2 is 2.11 bits per heavy atom. The third kappa shape index (κ3) is 3.04. The van der Waals surface area contributed by atoms with Crippen LogP contribution in [0.3, 0.4) is 0 Å². The summed E-state index contributed by atoms with van der Waals surface area (Å²) in [5, 5.41) is 11.7. The van der Waals surface area contributed by atoms with Gasteiger partial charge in [0, 0.05) is 17.6 Å². The number of rotatable bonds is 5. The molecule has 1 fully saturated rings. The molecule has 1 heterocycles. The summed E-state index contributed by atoms with van der Waals surface area (Å²) in [5.74, 6) is 1.73. The van der Waals surface area contributed by atoms with Gasteiger partial charge in [-0.25, -0.2) is 0 Å². The molecule has 0 amide bonds. The summed E-state index contributed by atoms with van der Waals surface area (Å²) in [6.45, 7) is 0.758. The molecule has 4 nitrogen and oxygen atoms in total. The zero-order valence-electron chi connectivity index (χ0n) is 10.9. The number of hydrogen-bond acceptors (Lipinski definition) is 3. The van der Waals surface area contributed by atoms with Gasteiger partial charge in [0.15, 0.2) is 0 Å². The van der Waals surface area contributed by atoms with Gasteiger partial charge in [-0.2, -0.15) is 0 Å². The lowest BCUT2D eigenvalue weighted by atomic mass is 10.0. The third-order valence-corrected chi connectivity index (χ3v) is 4.14. The van der Waals surface area contributed by atoms with Crippen molar-refractivity contribution < 1.29 is 0 Å². The van der Waals surface area contributed by atoms with Crippen LogP contribution in [0.1, 0.15) is 30.3 Å². The van der Waals surface area contributed by atoms with Crippen molar-refractivity contribution in [3.63, 3.8) is 0 Å². The zero-order chi connectivity index (χ0) is 13.2. The first-order valence-corrected chi connectivity index (χ1v) is 7.35. The predicted octanol–water partition coefficient (Wildman–Crippen LogP) is 2.82. The normalized spacial score (nSPS) is 16.5. The molecular formula is C14H17BrN4. The standard InChI is InChI=1S/C14H17BrN4/c1-19-9-17-18-13(19)8-16-14(10-2-3-10)11-4-6-12(15)7-5-11/h4-7,9-10,14,16H,2-3,8H2,1H3/t14-/m0/s1. The van der Waals surface area contributed by atoms with E-state index >= 15 is 0 Å². The minimum absolute atomic E-state index is 0.421. The summed E-state index contributed by atoms with van der Waals surface area (Å²) in [6, 6.07) is 9.02. The second kappa shape index (κ2) is 5.43. The Morgan fingerprint density at radius 1 is 1.37 bits per heavy atom. The molecular weight excluding hydrogens is 304 g/mol. The average molecular weight is 321 g/mol. The third-order valence-electron chi connectivity index (χ3n) is 3.61. The van der Waals surface area contributed by atoms with Crippen LogP contribution >= 0.6 is 15.9 Å². The highest BCUT2D eigenvalue weighted by Crippen LogP contribution is 2.41. The van der Waals surface area contributed by atoms with Crippen molar-refractivity contribution in [2.24, 2.45) is 13.0 Å². The number of hydrogen-bond donors (Lipinski definition) is 1. The number of nitrogens with one attached hydrogen (secondary N) is 1. The molecule has 0 saturated heterocycles. The van der Waals surface area contributed by atoms with Crippen LogP contribution < -0.4 is 5.32 Å². The van der Waals surface area contributed by atoms with Gasteiger partial charge in [0.05, 0.1) is 6.54 Å². The fourth-order valence-electron chi connectivity index (χ4n) is 2.32. The Hall–Kier alpha value is -1.20. The van der Waals surface area contributed by atoms with E-state index in [0.717, 1.165) is 22.8 Å². The van der Waals surface area contributed by atoms with Crippen molar-refractivity contribution in [2.45, 2.75) is 25.4 Å². The Labute approximate surface area is 121 Å². The van der Waals surface area contributed by atoms with E-state index in [1.165, 1.54) is 18.4 Å². The number of aryl methyl sites for hydroxylation is 1. The minimum Gasteiger partial charge on any atom is -0.320 e. The van der Waals surface area contributed by atoms with Gasteiger partial charge in [0.1, 0.15) is 12.2 Å². The molecule has 100 valence electrons. The number of halogens is 1. The molecule has 0 spiro atoms. The summed E-state index contributed by atoms with van der Waals surface area (Å²) >= 11 is 3.49. The van der Waals surface area contributed by atoms with Crippen LogP contribution in [0, 0.1) is 5.92 Å². The van der Waals surface area contributed by atoms with Crippen molar-refractivity contribution in [3.05, 3.63) is 46.5 Å². The lowest BCUT2D eigenvalue weighted by Gasteiger charge is -2.18. The second-order valence-electron chi connectivity index (χ2n) is 5.11. The van der Waals surface area contributed by atoms with E-state index in [9.17, 15) is 0 Å². The molecule has 1 saturated carbocycles. The van der Waals surface area contributed by atoms with Gasteiger partial charge in [-0.15, -0.1) is 10.2 Å². The van der Waals surface area contributed by atoms with E-state index in [2.05, 4.69) is 55.7 Å². The second-order valence-corrected chi connectivity index (χ2v) is 6.02. The van der Waals surface area contributed by atoms with Gasteiger partial charge < -0.3 is 9.88 Å². The average Bonchev–Trinajstić information content (AvgIpc) is 3.16. The van der Waals surface area contributed by atoms with E-state index in [4.69, 9.17) is 0 Å². The van der Waals surface area contributed by atoms with Gasteiger partial charge in [-0.3, -0.25) is 0 Å². The molecule has 1 aromatic carbocycles.